The molecule has 6 aliphatic rings. The maximum Gasteiger partial charge on any atom is 2.00 e. The molecule has 2 saturated carbocycles. The fourth-order valence-electron chi connectivity index (χ4n) is 8.76. The van der Waals surface area contributed by atoms with E-state index in [0.717, 1.165) is 48.5 Å². The maximum absolute atomic E-state index is 4.57. The van der Waals surface area contributed by atoms with Crippen LogP contribution in [0.5, 0.6) is 0 Å². The van der Waals surface area contributed by atoms with Crippen LogP contribution in [0.25, 0.3) is 0 Å². The number of rotatable bonds is 2. The van der Waals surface area contributed by atoms with Crippen LogP contribution < -0.4 is 10.2 Å². The van der Waals surface area contributed by atoms with Crippen molar-refractivity contribution < 1.29 is 21.1 Å². The molecule has 0 aromatic carbocycles. The average Bonchev–Trinajstić information content (AvgIpc) is 3.70. The molecule has 39 heavy (non-hydrogen) atoms. The first-order valence-electron chi connectivity index (χ1n) is 14.6. The molecule has 7 heteroatoms. The van der Waals surface area contributed by atoms with Crippen molar-refractivity contribution in [1.29, 1.82) is 0 Å². The second-order valence-electron chi connectivity index (χ2n) is 13.9. The SMILES string of the molecule is CC12CCC(c3c1n[n-]c3C1=NC=CCC1)C2(C)C.CC12CCC(c3c1n[n-]c3C1=NC=CCC1)C2(C)C.[Pt+2]. The van der Waals surface area contributed by atoms with Gasteiger partial charge in [0.1, 0.15) is 0 Å². The Morgan fingerprint density at radius 3 is 1.44 bits per heavy atom. The maximum atomic E-state index is 4.57. The Morgan fingerprint density at radius 1 is 0.667 bits per heavy atom. The third-order valence-corrected chi connectivity index (χ3v) is 12.0. The van der Waals surface area contributed by atoms with E-state index in [1.165, 1.54) is 48.2 Å². The summed E-state index contributed by atoms with van der Waals surface area (Å²) in [5, 5.41) is 18.1. The van der Waals surface area contributed by atoms with Crippen molar-refractivity contribution in [2.45, 2.75) is 116 Å². The number of nitrogens with zero attached hydrogens (tertiary/aromatic N) is 6. The smallest absolute Gasteiger partial charge is 0.574 e. The first-order chi connectivity index (χ1) is 18.1. The summed E-state index contributed by atoms with van der Waals surface area (Å²) in [5.74, 6) is 1.23. The zero-order chi connectivity index (χ0) is 26.5. The minimum Gasteiger partial charge on any atom is -0.574 e. The summed E-state index contributed by atoms with van der Waals surface area (Å²) in [7, 11) is 0. The third-order valence-electron chi connectivity index (χ3n) is 12.0. The summed E-state index contributed by atoms with van der Waals surface area (Å²) < 4.78 is 0. The molecule has 0 saturated heterocycles. The summed E-state index contributed by atoms with van der Waals surface area (Å²) in [4.78, 5) is 9.07. The fourth-order valence-corrected chi connectivity index (χ4v) is 8.76. The molecule has 2 fully saturated rings. The summed E-state index contributed by atoms with van der Waals surface area (Å²) in [5.41, 5.74) is 10.9. The predicted molar refractivity (Wildman–Crippen MR) is 151 cm³/mol. The molecule has 4 heterocycles. The zero-order valence-corrected chi connectivity index (χ0v) is 26.4. The molecule has 8 rings (SSSR count). The van der Waals surface area contributed by atoms with Crippen molar-refractivity contribution in [2.75, 3.05) is 0 Å². The first-order valence-corrected chi connectivity index (χ1v) is 14.6. The van der Waals surface area contributed by atoms with Crippen LogP contribution >= 0.6 is 0 Å². The fraction of sp³-hybridized carbons (Fsp3) is 0.625. The summed E-state index contributed by atoms with van der Waals surface area (Å²) in [6.07, 6.45) is 17.3. The Bertz CT molecular complexity index is 1330. The van der Waals surface area contributed by atoms with Crippen molar-refractivity contribution in [3.8, 4) is 0 Å². The van der Waals surface area contributed by atoms with Crippen LogP contribution in [0.4, 0.5) is 0 Å². The molecule has 0 spiro atoms. The Morgan fingerprint density at radius 2 is 1.08 bits per heavy atom. The van der Waals surface area contributed by atoms with Crippen LogP contribution in [-0.2, 0) is 31.9 Å². The second-order valence-corrected chi connectivity index (χ2v) is 13.9. The van der Waals surface area contributed by atoms with Gasteiger partial charge in [-0.3, -0.25) is 9.98 Å². The van der Waals surface area contributed by atoms with Gasteiger partial charge < -0.3 is 20.4 Å². The van der Waals surface area contributed by atoms with Crippen molar-refractivity contribution in [1.82, 2.24) is 20.4 Å². The van der Waals surface area contributed by atoms with E-state index in [-0.39, 0.29) is 31.9 Å². The molecule has 2 aromatic heterocycles. The average molecular weight is 704 g/mol. The van der Waals surface area contributed by atoms with Crippen molar-refractivity contribution in [3.63, 3.8) is 0 Å². The van der Waals surface area contributed by atoms with Crippen LogP contribution in [0.3, 0.4) is 0 Å². The van der Waals surface area contributed by atoms with Gasteiger partial charge in [0.15, 0.2) is 0 Å². The van der Waals surface area contributed by atoms with Gasteiger partial charge in [0.05, 0.1) is 0 Å². The van der Waals surface area contributed by atoms with E-state index in [4.69, 9.17) is 0 Å². The Labute approximate surface area is 247 Å². The second kappa shape index (κ2) is 8.96. The quantitative estimate of drug-likeness (QED) is 0.353. The van der Waals surface area contributed by atoms with Crippen LogP contribution in [0.15, 0.2) is 34.5 Å². The van der Waals surface area contributed by atoms with Gasteiger partial charge in [0, 0.05) is 46.0 Å². The largest absolute Gasteiger partial charge is 2.00 e. The molecule has 0 amide bonds. The van der Waals surface area contributed by atoms with Crippen LogP contribution in [0, 0.1) is 10.8 Å². The van der Waals surface area contributed by atoms with Gasteiger partial charge in [-0.25, -0.2) is 0 Å². The summed E-state index contributed by atoms with van der Waals surface area (Å²) in [6, 6.07) is 0. The van der Waals surface area contributed by atoms with E-state index in [9.17, 15) is 0 Å². The number of fused-ring (bicyclic) bond motifs is 10. The first kappa shape index (κ1) is 27.1. The molecule has 4 aliphatic carbocycles. The van der Waals surface area contributed by atoms with Crippen LogP contribution in [0.1, 0.15) is 139 Å². The van der Waals surface area contributed by atoms with E-state index >= 15 is 0 Å². The van der Waals surface area contributed by atoms with Gasteiger partial charge in [-0.05, 0) is 85.2 Å². The van der Waals surface area contributed by atoms with Gasteiger partial charge in [-0.2, -0.15) is 0 Å². The standard InChI is InChI=1S/2C16H20N3.Pt/c2*1-15(2)10-7-8-16(15,3)14-12(10)13(18-19-14)11-6-4-5-9-17-11;/h2*5,9-10H,4,6-8H2,1-3H3;/q2*-1;+2. The van der Waals surface area contributed by atoms with Crippen molar-refractivity contribution in [3.05, 3.63) is 58.5 Å². The van der Waals surface area contributed by atoms with E-state index in [0.29, 0.717) is 22.7 Å². The number of aromatic nitrogens is 4. The van der Waals surface area contributed by atoms with Crippen LogP contribution in [0.2, 0.25) is 0 Å². The van der Waals surface area contributed by atoms with Gasteiger partial charge in [-0.15, -0.1) is 0 Å². The molecule has 0 radical (unpaired) electrons. The molecule has 4 unspecified atom stereocenters. The molecule has 0 N–H and O–H groups in total. The number of allylic oxidation sites excluding steroid dienone is 2. The molecule has 4 bridgehead atoms. The molecule has 6 nitrogen and oxygen atoms in total. The van der Waals surface area contributed by atoms with Crippen molar-refractivity contribution >= 4 is 11.4 Å². The van der Waals surface area contributed by atoms with E-state index in [1.54, 1.807) is 0 Å². The number of hydrogen-bond acceptors (Lipinski definition) is 4. The van der Waals surface area contributed by atoms with Gasteiger partial charge in [0.25, 0.3) is 0 Å². The van der Waals surface area contributed by atoms with E-state index < -0.39 is 0 Å². The van der Waals surface area contributed by atoms with Gasteiger partial charge >= 0.3 is 21.1 Å². The van der Waals surface area contributed by atoms with Gasteiger partial charge in [0.2, 0.25) is 0 Å². The number of hydrogen-bond donors (Lipinski definition) is 0. The van der Waals surface area contributed by atoms with Crippen molar-refractivity contribution in [2.24, 2.45) is 20.8 Å². The molecular weight excluding hydrogens is 663 g/mol. The molecular formula is C32H40N6Pt. The van der Waals surface area contributed by atoms with Crippen LogP contribution in [-0.4, -0.2) is 21.6 Å². The van der Waals surface area contributed by atoms with E-state index in [1.807, 2.05) is 12.4 Å². The third kappa shape index (κ3) is 3.42. The minimum atomic E-state index is 0. The topological polar surface area (TPSA) is 78.7 Å². The molecule has 4 atom stereocenters. The summed E-state index contributed by atoms with van der Waals surface area (Å²) in [6.45, 7) is 14.4. The zero-order valence-electron chi connectivity index (χ0n) is 24.1. The normalized spacial score (nSPS) is 33.6. The minimum absolute atomic E-state index is 0. The van der Waals surface area contributed by atoms with Gasteiger partial charge in [-0.1, -0.05) is 65.1 Å². The summed E-state index contributed by atoms with van der Waals surface area (Å²) >= 11 is 0. The predicted octanol–water partition coefficient (Wildman–Crippen LogP) is 6.62. The Kier molecular flexibility index (Phi) is 6.23. The monoisotopic (exact) mass is 703 g/mol. The van der Waals surface area contributed by atoms with E-state index in [2.05, 4.69) is 84.1 Å². The molecule has 208 valence electrons. The molecule has 2 aliphatic heterocycles. The number of aliphatic imine (C=N–C) groups is 2. The Hall–Kier alpha value is -2.07. The molecule has 2 aromatic rings. The Balaban J connectivity index is 0.000000138.